The number of hydrogen-bond acceptors (Lipinski definition) is 1. The van der Waals surface area contributed by atoms with Crippen molar-refractivity contribution in [1.29, 1.82) is 0 Å². The second-order valence-corrected chi connectivity index (χ2v) is 4.49. The molecule has 1 N–H and O–H groups in total. The molecule has 1 atom stereocenters. The molecule has 0 aliphatic carbocycles. The van der Waals surface area contributed by atoms with Crippen LogP contribution in [0.2, 0.25) is 0 Å². The first-order chi connectivity index (χ1) is 8.97. The van der Waals surface area contributed by atoms with Gasteiger partial charge in [0.2, 0.25) is 0 Å². The molecule has 0 saturated carbocycles. The Bertz CT molecular complexity index is 596. The van der Waals surface area contributed by atoms with Gasteiger partial charge in [-0.25, -0.2) is 13.2 Å². The number of nitrogens with one attached hydrogen (secondary N) is 1. The Hall–Kier alpha value is -1.97. The second-order valence-electron chi connectivity index (χ2n) is 4.49. The SMILES string of the molecule is Cc1ccc(F)cc1NC(C)c1cc(F)ccc1F. The fourth-order valence-corrected chi connectivity index (χ4v) is 1.91. The van der Waals surface area contributed by atoms with E-state index in [1.807, 2.05) is 6.92 Å². The van der Waals surface area contributed by atoms with Crippen LogP contribution in [0.4, 0.5) is 18.9 Å². The van der Waals surface area contributed by atoms with Crippen molar-refractivity contribution >= 4 is 5.69 Å². The zero-order valence-corrected chi connectivity index (χ0v) is 10.7. The van der Waals surface area contributed by atoms with Gasteiger partial charge in [-0.2, -0.15) is 0 Å². The predicted molar refractivity (Wildman–Crippen MR) is 69.5 cm³/mol. The van der Waals surface area contributed by atoms with Gasteiger partial charge in [-0.15, -0.1) is 0 Å². The maximum atomic E-state index is 13.6. The van der Waals surface area contributed by atoms with E-state index >= 15 is 0 Å². The van der Waals surface area contributed by atoms with Crippen molar-refractivity contribution < 1.29 is 13.2 Å². The van der Waals surface area contributed by atoms with Crippen LogP contribution in [0.1, 0.15) is 24.1 Å². The summed E-state index contributed by atoms with van der Waals surface area (Å²) >= 11 is 0. The van der Waals surface area contributed by atoms with Crippen molar-refractivity contribution in [2.45, 2.75) is 19.9 Å². The van der Waals surface area contributed by atoms with Crippen LogP contribution in [-0.4, -0.2) is 0 Å². The Kier molecular flexibility index (Phi) is 3.79. The highest BCUT2D eigenvalue weighted by molar-refractivity contribution is 5.52. The molecule has 0 radical (unpaired) electrons. The van der Waals surface area contributed by atoms with Gasteiger partial charge < -0.3 is 5.32 Å². The zero-order valence-electron chi connectivity index (χ0n) is 10.7. The normalized spacial score (nSPS) is 12.3. The Morgan fingerprint density at radius 3 is 2.32 bits per heavy atom. The molecule has 0 amide bonds. The average Bonchev–Trinajstić information content (AvgIpc) is 2.36. The van der Waals surface area contributed by atoms with E-state index in [0.29, 0.717) is 5.69 Å². The first-order valence-electron chi connectivity index (χ1n) is 5.95. The molecule has 2 rings (SSSR count). The highest BCUT2D eigenvalue weighted by atomic mass is 19.1. The van der Waals surface area contributed by atoms with Gasteiger partial charge in [0.15, 0.2) is 0 Å². The number of hydrogen-bond donors (Lipinski definition) is 1. The van der Waals surface area contributed by atoms with E-state index in [-0.39, 0.29) is 11.4 Å². The maximum absolute atomic E-state index is 13.6. The van der Waals surface area contributed by atoms with E-state index in [0.717, 1.165) is 23.8 Å². The molecule has 0 spiro atoms. The Morgan fingerprint density at radius 1 is 0.947 bits per heavy atom. The minimum Gasteiger partial charge on any atom is -0.378 e. The van der Waals surface area contributed by atoms with Crippen LogP contribution in [-0.2, 0) is 0 Å². The molecule has 2 aromatic carbocycles. The summed E-state index contributed by atoms with van der Waals surface area (Å²) in [6, 6.07) is 7.15. The van der Waals surface area contributed by atoms with Crippen LogP contribution >= 0.6 is 0 Å². The largest absolute Gasteiger partial charge is 0.378 e. The molecular formula is C15H14F3N. The molecule has 0 aromatic heterocycles. The number of rotatable bonds is 3. The molecule has 4 heteroatoms. The summed E-state index contributed by atoms with van der Waals surface area (Å²) in [6.45, 7) is 3.51. The first kappa shape index (κ1) is 13.5. The number of anilines is 1. The predicted octanol–water partition coefficient (Wildman–Crippen LogP) is 4.59. The average molecular weight is 265 g/mol. The van der Waals surface area contributed by atoms with E-state index in [9.17, 15) is 13.2 Å². The molecule has 1 nitrogen and oxygen atoms in total. The van der Waals surface area contributed by atoms with Gasteiger partial charge >= 0.3 is 0 Å². The molecule has 2 aromatic rings. The Labute approximate surface area is 110 Å². The highest BCUT2D eigenvalue weighted by Gasteiger charge is 2.13. The number of halogens is 3. The van der Waals surface area contributed by atoms with Gasteiger partial charge in [-0.1, -0.05) is 6.07 Å². The topological polar surface area (TPSA) is 12.0 Å². The van der Waals surface area contributed by atoms with Crippen LogP contribution < -0.4 is 5.32 Å². The van der Waals surface area contributed by atoms with Gasteiger partial charge in [-0.05, 0) is 49.7 Å². The molecule has 0 fully saturated rings. The first-order valence-corrected chi connectivity index (χ1v) is 5.95. The Balaban J connectivity index is 2.27. The fourth-order valence-electron chi connectivity index (χ4n) is 1.91. The van der Waals surface area contributed by atoms with Crippen LogP contribution in [0.5, 0.6) is 0 Å². The summed E-state index contributed by atoms with van der Waals surface area (Å²) in [5.74, 6) is -1.36. The van der Waals surface area contributed by atoms with E-state index in [1.54, 1.807) is 13.0 Å². The van der Waals surface area contributed by atoms with Crippen molar-refractivity contribution in [3.63, 3.8) is 0 Å². The monoisotopic (exact) mass is 265 g/mol. The number of benzene rings is 2. The van der Waals surface area contributed by atoms with Crippen LogP contribution in [0.15, 0.2) is 36.4 Å². The summed E-state index contributed by atoms with van der Waals surface area (Å²) < 4.78 is 39.9. The van der Waals surface area contributed by atoms with Crippen molar-refractivity contribution in [2.24, 2.45) is 0 Å². The van der Waals surface area contributed by atoms with E-state index < -0.39 is 17.7 Å². The quantitative estimate of drug-likeness (QED) is 0.856. The van der Waals surface area contributed by atoms with E-state index in [1.165, 1.54) is 12.1 Å². The third-order valence-electron chi connectivity index (χ3n) is 3.00. The summed E-state index contributed by atoms with van der Waals surface area (Å²) in [5, 5.41) is 2.99. The minimum atomic E-state index is -0.499. The fraction of sp³-hybridized carbons (Fsp3) is 0.200. The summed E-state index contributed by atoms with van der Waals surface area (Å²) in [4.78, 5) is 0. The van der Waals surface area contributed by atoms with Crippen LogP contribution in [0, 0.1) is 24.4 Å². The van der Waals surface area contributed by atoms with E-state index in [2.05, 4.69) is 5.32 Å². The van der Waals surface area contributed by atoms with Crippen molar-refractivity contribution in [1.82, 2.24) is 0 Å². The molecule has 19 heavy (non-hydrogen) atoms. The lowest BCUT2D eigenvalue weighted by atomic mass is 10.1. The lowest BCUT2D eigenvalue weighted by Crippen LogP contribution is -2.10. The molecule has 0 bridgehead atoms. The lowest BCUT2D eigenvalue weighted by molar-refractivity contribution is 0.577. The highest BCUT2D eigenvalue weighted by Crippen LogP contribution is 2.25. The summed E-state index contributed by atoms with van der Waals surface area (Å²) in [7, 11) is 0. The molecule has 1 unspecified atom stereocenters. The lowest BCUT2D eigenvalue weighted by Gasteiger charge is -2.18. The van der Waals surface area contributed by atoms with Gasteiger partial charge in [0, 0.05) is 11.3 Å². The summed E-state index contributed by atoms with van der Waals surface area (Å²) in [5.41, 5.74) is 1.62. The van der Waals surface area contributed by atoms with Crippen LogP contribution in [0.25, 0.3) is 0 Å². The Morgan fingerprint density at radius 2 is 1.58 bits per heavy atom. The smallest absolute Gasteiger partial charge is 0.128 e. The summed E-state index contributed by atoms with van der Waals surface area (Å²) in [6.07, 6.45) is 0. The van der Waals surface area contributed by atoms with Gasteiger partial charge in [0.1, 0.15) is 17.5 Å². The standard InChI is InChI=1S/C15H14F3N/c1-9-3-4-12(17)8-15(9)19-10(2)13-7-11(16)5-6-14(13)18/h3-8,10,19H,1-2H3. The maximum Gasteiger partial charge on any atom is 0.128 e. The molecule has 0 heterocycles. The van der Waals surface area contributed by atoms with Crippen LogP contribution in [0.3, 0.4) is 0 Å². The van der Waals surface area contributed by atoms with Gasteiger partial charge in [0.05, 0.1) is 6.04 Å². The van der Waals surface area contributed by atoms with Crippen molar-refractivity contribution in [2.75, 3.05) is 5.32 Å². The minimum absolute atomic E-state index is 0.212. The van der Waals surface area contributed by atoms with Gasteiger partial charge in [-0.3, -0.25) is 0 Å². The second kappa shape index (κ2) is 5.34. The molecular weight excluding hydrogens is 251 g/mol. The zero-order chi connectivity index (χ0) is 14.0. The third kappa shape index (κ3) is 3.08. The van der Waals surface area contributed by atoms with Crippen molar-refractivity contribution in [3.05, 3.63) is 65.0 Å². The molecule has 0 aliphatic heterocycles. The van der Waals surface area contributed by atoms with Gasteiger partial charge in [0.25, 0.3) is 0 Å². The third-order valence-corrected chi connectivity index (χ3v) is 3.00. The molecule has 100 valence electrons. The molecule has 0 aliphatic rings. The number of aryl methyl sites for hydroxylation is 1. The van der Waals surface area contributed by atoms with E-state index in [4.69, 9.17) is 0 Å². The van der Waals surface area contributed by atoms with Crippen molar-refractivity contribution in [3.8, 4) is 0 Å². The molecule has 0 saturated heterocycles.